The molecule has 0 saturated heterocycles. The Morgan fingerprint density at radius 1 is 1.43 bits per heavy atom. The summed E-state index contributed by atoms with van der Waals surface area (Å²) < 4.78 is 48.7. The second-order valence-electron chi connectivity index (χ2n) is 4.11. The minimum absolute atomic E-state index is 1.11. The number of carboxylic acids is 1. The highest BCUT2D eigenvalue weighted by Gasteiger charge is 2.70. The van der Waals surface area contributed by atoms with Crippen molar-refractivity contribution in [1.29, 1.82) is 0 Å². The van der Waals surface area contributed by atoms with Gasteiger partial charge in [-0.05, 0) is 5.41 Å². The zero-order chi connectivity index (χ0) is 11.3. The molecule has 82 valence electrons. The molecule has 0 aliphatic heterocycles. The predicted octanol–water partition coefficient (Wildman–Crippen LogP) is 2.24. The largest absolute Gasteiger partial charge is 0.481 e. The van der Waals surface area contributed by atoms with Crippen LogP contribution in [0, 0.1) is 17.3 Å². The highest BCUT2D eigenvalue weighted by molar-refractivity contribution is 5.75. The SMILES string of the molecule is CC1(C)C(C(=O)O)C1C(F)C(F)(F)F. The van der Waals surface area contributed by atoms with Crippen LogP contribution in [0.2, 0.25) is 0 Å². The Labute approximate surface area is 77.9 Å². The average Bonchev–Trinajstić information content (AvgIpc) is 2.49. The van der Waals surface area contributed by atoms with Gasteiger partial charge in [0.15, 0.2) is 6.17 Å². The summed E-state index contributed by atoms with van der Waals surface area (Å²) in [6, 6.07) is 0. The maximum absolute atomic E-state index is 12.8. The van der Waals surface area contributed by atoms with E-state index in [0.29, 0.717) is 0 Å². The van der Waals surface area contributed by atoms with Crippen LogP contribution in [0.4, 0.5) is 17.6 Å². The van der Waals surface area contributed by atoms with E-state index in [-0.39, 0.29) is 0 Å². The Morgan fingerprint density at radius 3 is 2.07 bits per heavy atom. The van der Waals surface area contributed by atoms with E-state index in [2.05, 4.69) is 0 Å². The van der Waals surface area contributed by atoms with Crippen LogP contribution in [0.1, 0.15) is 13.8 Å². The summed E-state index contributed by atoms with van der Waals surface area (Å²) in [6.07, 6.45) is -8.01. The second-order valence-corrected chi connectivity index (χ2v) is 4.11. The molecule has 14 heavy (non-hydrogen) atoms. The van der Waals surface area contributed by atoms with Gasteiger partial charge in [-0.3, -0.25) is 4.79 Å². The quantitative estimate of drug-likeness (QED) is 0.716. The fourth-order valence-electron chi connectivity index (χ4n) is 1.90. The summed E-state index contributed by atoms with van der Waals surface area (Å²) in [6.45, 7) is 2.66. The van der Waals surface area contributed by atoms with Gasteiger partial charge in [0.2, 0.25) is 0 Å². The summed E-state index contributed by atoms with van der Waals surface area (Å²) in [7, 11) is 0. The van der Waals surface area contributed by atoms with Gasteiger partial charge in [-0.1, -0.05) is 13.8 Å². The van der Waals surface area contributed by atoms with Gasteiger partial charge >= 0.3 is 12.1 Å². The third-order valence-electron chi connectivity index (χ3n) is 2.80. The van der Waals surface area contributed by atoms with Gasteiger partial charge in [0.1, 0.15) is 0 Å². The first kappa shape index (κ1) is 11.3. The molecule has 2 nitrogen and oxygen atoms in total. The van der Waals surface area contributed by atoms with Gasteiger partial charge < -0.3 is 5.11 Å². The molecule has 0 heterocycles. The third-order valence-corrected chi connectivity index (χ3v) is 2.80. The van der Waals surface area contributed by atoms with Gasteiger partial charge in [0.05, 0.1) is 5.92 Å². The Balaban J connectivity index is 2.79. The van der Waals surface area contributed by atoms with E-state index in [1.54, 1.807) is 0 Å². The van der Waals surface area contributed by atoms with Gasteiger partial charge in [-0.15, -0.1) is 0 Å². The summed E-state index contributed by atoms with van der Waals surface area (Å²) in [4.78, 5) is 10.5. The fourth-order valence-corrected chi connectivity index (χ4v) is 1.90. The van der Waals surface area contributed by atoms with E-state index in [1.807, 2.05) is 0 Å². The third kappa shape index (κ3) is 1.57. The van der Waals surface area contributed by atoms with E-state index in [0.717, 1.165) is 0 Å². The number of hydrogen-bond acceptors (Lipinski definition) is 1. The van der Waals surface area contributed by atoms with E-state index >= 15 is 0 Å². The first-order valence-electron chi connectivity index (χ1n) is 4.03. The van der Waals surface area contributed by atoms with Crippen molar-refractivity contribution in [2.45, 2.75) is 26.2 Å². The van der Waals surface area contributed by atoms with Crippen LogP contribution < -0.4 is 0 Å². The van der Waals surface area contributed by atoms with Crippen molar-refractivity contribution in [3.05, 3.63) is 0 Å². The minimum atomic E-state index is -4.97. The standard InChI is InChI=1S/C8H10F4O2/c1-7(2)3(4(7)6(13)14)5(9)8(10,11)12/h3-5H,1-2H3,(H,13,14). The van der Waals surface area contributed by atoms with Crippen molar-refractivity contribution in [3.63, 3.8) is 0 Å². The molecule has 3 unspecified atom stereocenters. The smallest absolute Gasteiger partial charge is 0.419 e. The first-order chi connectivity index (χ1) is 6.10. The number of alkyl halides is 4. The lowest BCUT2D eigenvalue weighted by atomic mass is 10.1. The van der Waals surface area contributed by atoms with Crippen molar-refractivity contribution < 1.29 is 27.5 Å². The van der Waals surface area contributed by atoms with Gasteiger partial charge in [0.25, 0.3) is 0 Å². The summed E-state index contributed by atoms with van der Waals surface area (Å²) in [5.41, 5.74) is -1.11. The number of carbonyl (C=O) groups is 1. The zero-order valence-electron chi connectivity index (χ0n) is 7.60. The van der Waals surface area contributed by atoms with Crippen molar-refractivity contribution >= 4 is 5.97 Å². The van der Waals surface area contributed by atoms with Crippen LogP contribution >= 0.6 is 0 Å². The molecule has 1 aliphatic rings. The normalized spacial score (nSPS) is 32.4. The maximum Gasteiger partial charge on any atom is 0.419 e. The van der Waals surface area contributed by atoms with Crippen LogP contribution in [-0.2, 0) is 4.79 Å². The molecule has 6 heteroatoms. The topological polar surface area (TPSA) is 37.3 Å². The molecule has 1 saturated carbocycles. The Hall–Kier alpha value is -0.810. The van der Waals surface area contributed by atoms with E-state index in [9.17, 15) is 22.4 Å². The van der Waals surface area contributed by atoms with Crippen molar-refractivity contribution in [3.8, 4) is 0 Å². The highest BCUT2D eigenvalue weighted by Crippen LogP contribution is 2.62. The van der Waals surface area contributed by atoms with Gasteiger partial charge in [-0.25, -0.2) is 4.39 Å². The lowest BCUT2D eigenvalue weighted by Crippen LogP contribution is -2.28. The number of hydrogen-bond donors (Lipinski definition) is 1. The van der Waals surface area contributed by atoms with Gasteiger partial charge in [-0.2, -0.15) is 13.2 Å². The molecule has 0 bridgehead atoms. The lowest BCUT2D eigenvalue weighted by Gasteiger charge is -2.12. The van der Waals surface area contributed by atoms with Crippen LogP contribution in [0.15, 0.2) is 0 Å². The van der Waals surface area contributed by atoms with Crippen molar-refractivity contribution in [2.75, 3.05) is 0 Å². The van der Waals surface area contributed by atoms with E-state index in [1.165, 1.54) is 13.8 Å². The number of aliphatic carboxylic acids is 1. The van der Waals surface area contributed by atoms with Crippen molar-refractivity contribution in [1.82, 2.24) is 0 Å². The van der Waals surface area contributed by atoms with E-state index < -0.39 is 35.6 Å². The molecule has 1 fully saturated rings. The Kier molecular flexibility index (Phi) is 2.28. The molecule has 0 aromatic rings. The summed E-state index contributed by atoms with van der Waals surface area (Å²) in [5.74, 6) is -4.06. The predicted molar refractivity (Wildman–Crippen MR) is 39.3 cm³/mol. The Bertz CT molecular complexity index is 259. The number of carboxylic acid groups (broad SMARTS) is 1. The molecule has 0 amide bonds. The maximum atomic E-state index is 12.8. The zero-order valence-corrected chi connectivity index (χ0v) is 7.60. The summed E-state index contributed by atoms with van der Waals surface area (Å²) >= 11 is 0. The molecule has 1 N–H and O–H groups in total. The van der Waals surface area contributed by atoms with Crippen LogP contribution in [0.5, 0.6) is 0 Å². The molecule has 3 atom stereocenters. The number of halogens is 4. The second kappa shape index (κ2) is 2.84. The average molecular weight is 214 g/mol. The van der Waals surface area contributed by atoms with E-state index in [4.69, 9.17) is 5.11 Å². The van der Waals surface area contributed by atoms with Crippen LogP contribution in [0.3, 0.4) is 0 Å². The molecule has 0 spiro atoms. The van der Waals surface area contributed by atoms with Crippen LogP contribution in [-0.4, -0.2) is 23.4 Å². The minimum Gasteiger partial charge on any atom is -0.481 e. The first-order valence-corrected chi connectivity index (χ1v) is 4.03. The summed E-state index contributed by atoms with van der Waals surface area (Å²) in [5, 5.41) is 8.54. The highest BCUT2D eigenvalue weighted by atomic mass is 19.4. The number of rotatable bonds is 2. The molecule has 1 aliphatic carbocycles. The van der Waals surface area contributed by atoms with Crippen molar-refractivity contribution in [2.24, 2.45) is 17.3 Å². The molecule has 0 aromatic carbocycles. The molecule has 0 radical (unpaired) electrons. The molecule has 1 rings (SSSR count). The lowest BCUT2D eigenvalue weighted by molar-refractivity contribution is -0.189. The molecular formula is C8H10F4O2. The molecule has 0 aromatic heterocycles. The monoisotopic (exact) mass is 214 g/mol. The van der Waals surface area contributed by atoms with Crippen LogP contribution in [0.25, 0.3) is 0 Å². The molecular weight excluding hydrogens is 204 g/mol. The van der Waals surface area contributed by atoms with Gasteiger partial charge in [0, 0.05) is 5.92 Å². The Morgan fingerprint density at radius 2 is 1.86 bits per heavy atom. The fraction of sp³-hybridized carbons (Fsp3) is 0.875.